The largest absolute Gasteiger partial charge is 0.497 e. The summed E-state index contributed by atoms with van der Waals surface area (Å²) in [5.41, 5.74) is 3.66. The molecule has 0 unspecified atom stereocenters. The normalized spacial score (nSPS) is 10.7. The molecule has 0 atom stereocenters. The van der Waals surface area contributed by atoms with Gasteiger partial charge in [-0.15, -0.1) is 10.2 Å². The fourth-order valence-corrected chi connectivity index (χ4v) is 4.34. The van der Waals surface area contributed by atoms with Crippen LogP contribution in [0.5, 0.6) is 11.5 Å². The molecule has 0 bridgehead atoms. The number of carbonyl (C=O) groups is 1. The number of methoxy groups -OCH3 is 2. The third kappa shape index (κ3) is 5.40. The molecule has 0 fully saturated rings. The third-order valence-corrected chi connectivity index (χ3v) is 6.12. The van der Waals surface area contributed by atoms with Crippen LogP contribution < -0.4 is 14.8 Å². The first-order chi connectivity index (χ1) is 16.6. The van der Waals surface area contributed by atoms with Gasteiger partial charge in [-0.1, -0.05) is 47.7 Å². The number of amides is 1. The van der Waals surface area contributed by atoms with Crippen LogP contribution in [0.3, 0.4) is 0 Å². The predicted molar refractivity (Wildman–Crippen MR) is 135 cm³/mol. The van der Waals surface area contributed by atoms with E-state index in [0.717, 1.165) is 17.0 Å². The molecule has 3 aromatic carbocycles. The van der Waals surface area contributed by atoms with Gasteiger partial charge < -0.3 is 14.8 Å². The highest BCUT2D eigenvalue weighted by molar-refractivity contribution is 7.99. The van der Waals surface area contributed by atoms with Crippen LogP contribution >= 0.6 is 11.8 Å². The summed E-state index contributed by atoms with van der Waals surface area (Å²) in [6.07, 6.45) is 0.326. The Bertz CT molecular complexity index is 1270. The zero-order chi connectivity index (χ0) is 23.9. The summed E-state index contributed by atoms with van der Waals surface area (Å²) in [7, 11) is 3.24. The van der Waals surface area contributed by atoms with E-state index in [1.807, 2.05) is 66.1 Å². The molecule has 4 rings (SSSR count). The van der Waals surface area contributed by atoms with Crippen LogP contribution in [-0.2, 0) is 4.79 Å². The van der Waals surface area contributed by atoms with Crippen LogP contribution in [0.2, 0.25) is 0 Å². The zero-order valence-electron chi connectivity index (χ0n) is 19.3. The van der Waals surface area contributed by atoms with Crippen LogP contribution in [0.4, 0.5) is 5.69 Å². The van der Waals surface area contributed by atoms with Crippen molar-refractivity contribution in [3.63, 3.8) is 0 Å². The molecule has 0 saturated carbocycles. The summed E-state index contributed by atoms with van der Waals surface area (Å²) in [4.78, 5) is 12.5. The molecule has 7 nitrogen and oxygen atoms in total. The summed E-state index contributed by atoms with van der Waals surface area (Å²) in [5, 5.41) is 12.5. The predicted octanol–water partition coefficient (Wildman–Crippen LogP) is 5.38. The lowest BCUT2D eigenvalue weighted by molar-refractivity contribution is -0.115. The Balaban J connectivity index is 1.54. The molecule has 1 amide bonds. The molecule has 8 heteroatoms. The van der Waals surface area contributed by atoms with Crippen molar-refractivity contribution in [2.24, 2.45) is 0 Å². The summed E-state index contributed by atoms with van der Waals surface area (Å²) in [5.74, 6) is 2.57. The minimum Gasteiger partial charge on any atom is -0.497 e. The summed E-state index contributed by atoms with van der Waals surface area (Å²) >= 11 is 1.48. The molecule has 4 aromatic rings. The van der Waals surface area contributed by atoms with Crippen molar-refractivity contribution in [1.82, 2.24) is 14.8 Å². The van der Waals surface area contributed by atoms with E-state index in [1.165, 1.54) is 17.3 Å². The first-order valence-corrected chi connectivity index (χ1v) is 11.8. The fourth-order valence-electron chi connectivity index (χ4n) is 3.45. The zero-order valence-corrected chi connectivity index (χ0v) is 20.1. The van der Waals surface area contributed by atoms with E-state index in [0.29, 0.717) is 34.6 Å². The standard InChI is InChI=1S/C26H26N4O3S/c1-18-11-13-20(14-12-18)30-25(22-9-4-5-10-23(22)33-3)28-29-26(30)34-16-15-24(31)27-19-7-6-8-21(17-19)32-2/h4-14,17H,15-16H2,1-3H3,(H,27,31). The highest BCUT2D eigenvalue weighted by Gasteiger charge is 2.19. The lowest BCUT2D eigenvalue weighted by atomic mass is 10.1. The molecule has 0 spiro atoms. The van der Waals surface area contributed by atoms with Crippen LogP contribution in [0.1, 0.15) is 12.0 Å². The second kappa shape index (κ2) is 10.9. The van der Waals surface area contributed by atoms with Gasteiger partial charge in [0.1, 0.15) is 11.5 Å². The van der Waals surface area contributed by atoms with Crippen molar-refractivity contribution in [3.8, 4) is 28.6 Å². The summed E-state index contributed by atoms with van der Waals surface area (Å²) < 4.78 is 12.8. The Labute approximate surface area is 203 Å². The molecule has 34 heavy (non-hydrogen) atoms. The Morgan fingerprint density at radius 1 is 0.971 bits per heavy atom. The summed E-state index contributed by atoms with van der Waals surface area (Å²) in [6, 6.07) is 23.2. The quantitative estimate of drug-likeness (QED) is 0.328. The van der Waals surface area contributed by atoms with Crippen molar-refractivity contribution >= 4 is 23.4 Å². The molecule has 0 aliphatic heterocycles. The molecule has 0 saturated heterocycles. The van der Waals surface area contributed by atoms with Gasteiger partial charge in [0.05, 0.1) is 19.8 Å². The van der Waals surface area contributed by atoms with Crippen molar-refractivity contribution < 1.29 is 14.3 Å². The molecule has 174 valence electrons. The first-order valence-electron chi connectivity index (χ1n) is 10.8. The third-order valence-electron chi connectivity index (χ3n) is 5.19. The van der Waals surface area contributed by atoms with Crippen LogP contribution in [-0.4, -0.2) is 40.6 Å². The van der Waals surface area contributed by atoms with Gasteiger partial charge in [-0.2, -0.15) is 0 Å². The highest BCUT2D eigenvalue weighted by atomic mass is 32.2. The Kier molecular flexibility index (Phi) is 7.49. The smallest absolute Gasteiger partial charge is 0.225 e. The molecule has 0 aliphatic carbocycles. The Morgan fingerprint density at radius 3 is 2.53 bits per heavy atom. The topological polar surface area (TPSA) is 78.3 Å². The SMILES string of the molecule is COc1cccc(NC(=O)CCSc2nnc(-c3ccccc3OC)n2-c2ccc(C)cc2)c1. The van der Waals surface area contributed by atoms with Gasteiger partial charge in [0, 0.05) is 29.6 Å². The molecular formula is C26H26N4O3S. The number of thioether (sulfide) groups is 1. The average Bonchev–Trinajstić information content (AvgIpc) is 3.28. The van der Waals surface area contributed by atoms with Gasteiger partial charge in [0.2, 0.25) is 5.91 Å². The van der Waals surface area contributed by atoms with Crippen molar-refractivity contribution in [1.29, 1.82) is 0 Å². The van der Waals surface area contributed by atoms with Gasteiger partial charge in [-0.25, -0.2) is 0 Å². The van der Waals surface area contributed by atoms with E-state index in [2.05, 4.69) is 27.6 Å². The van der Waals surface area contributed by atoms with Gasteiger partial charge in [-0.3, -0.25) is 9.36 Å². The average molecular weight is 475 g/mol. The Hall–Kier alpha value is -3.78. The summed E-state index contributed by atoms with van der Waals surface area (Å²) in [6.45, 7) is 2.05. The first kappa shape index (κ1) is 23.4. The van der Waals surface area contributed by atoms with E-state index in [4.69, 9.17) is 9.47 Å². The minimum atomic E-state index is -0.0768. The number of hydrogen-bond acceptors (Lipinski definition) is 6. The van der Waals surface area contributed by atoms with E-state index in [-0.39, 0.29) is 5.91 Å². The number of para-hydroxylation sites is 1. The lowest BCUT2D eigenvalue weighted by Crippen LogP contribution is -2.12. The van der Waals surface area contributed by atoms with Gasteiger partial charge in [0.15, 0.2) is 11.0 Å². The second-order valence-corrected chi connectivity index (χ2v) is 8.62. The molecule has 1 N–H and O–H groups in total. The van der Waals surface area contributed by atoms with Gasteiger partial charge in [-0.05, 0) is 43.3 Å². The van der Waals surface area contributed by atoms with Crippen LogP contribution in [0.15, 0.2) is 78.0 Å². The number of nitrogens with one attached hydrogen (secondary N) is 1. The number of carbonyl (C=O) groups excluding carboxylic acids is 1. The van der Waals surface area contributed by atoms with Crippen molar-refractivity contribution in [2.75, 3.05) is 25.3 Å². The fraction of sp³-hybridized carbons (Fsp3) is 0.192. The molecule has 0 aliphatic rings. The van der Waals surface area contributed by atoms with Crippen LogP contribution in [0.25, 0.3) is 17.1 Å². The maximum absolute atomic E-state index is 12.5. The molecule has 1 aromatic heterocycles. The number of rotatable bonds is 9. The van der Waals surface area contributed by atoms with Gasteiger partial charge >= 0.3 is 0 Å². The lowest BCUT2D eigenvalue weighted by Gasteiger charge is -2.13. The maximum Gasteiger partial charge on any atom is 0.225 e. The molecular weight excluding hydrogens is 448 g/mol. The van der Waals surface area contributed by atoms with E-state index in [9.17, 15) is 4.79 Å². The second-order valence-electron chi connectivity index (χ2n) is 7.56. The minimum absolute atomic E-state index is 0.0768. The monoisotopic (exact) mass is 474 g/mol. The highest BCUT2D eigenvalue weighted by Crippen LogP contribution is 2.33. The molecule has 0 radical (unpaired) electrons. The maximum atomic E-state index is 12.5. The number of benzene rings is 3. The number of nitrogens with zero attached hydrogens (tertiary/aromatic N) is 3. The van der Waals surface area contributed by atoms with Crippen molar-refractivity contribution in [2.45, 2.75) is 18.5 Å². The molecule has 1 heterocycles. The number of aryl methyl sites for hydroxylation is 1. The van der Waals surface area contributed by atoms with Gasteiger partial charge in [0.25, 0.3) is 0 Å². The number of anilines is 1. The van der Waals surface area contributed by atoms with E-state index < -0.39 is 0 Å². The van der Waals surface area contributed by atoms with Crippen molar-refractivity contribution in [3.05, 3.63) is 78.4 Å². The number of hydrogen-bond donors (Lipinski definition) is 1. The van der Waals surface area contributed by atoms with Crippen LogP contribution in [0, 0.1) is 6.92 Å². The Morgan fingerprint density at radius 2 is 1.76 bits per heavy atom. The van der Waals surface area contributed by atoms with E-state index in [1.54, 1.807) is 20.3 Å². The van der Waals surface area contributed by atoms with E-state index >= 15 is 0 Å². The number of aromatic nitrogens is 3. The number of ether oxygens (including phenoxy) is 2.